The number of guanidine groups is 1. The van der Waals surface area contributed by atoms with Gasteiger partial charge in [0.15, 0.2) is 11.8 Å². The first-order chi connectivity index (χ1) is 12.6. The molecule has 1 N–H and O–H groups in total. The smallest absolute Gasteiger partial charge is 0.193 e. The number of aliphatic imine (C=N–C) groups is 1. The molecule has 3 rings (SSSR count). The van der Waals surface area contributed by atoms with E-state index in [1.54, 1.807) is 7.11 Å². The first kappa shape index (κ1) is 21.6. The number of methoxy groups -OCH3 is 1. The van der Waals surface area contributed by atoms with Crippen LogP contribution in [0.3, 0.4) is 0 Å². The van der Waals surface area contributed by atoms with Gasteiger partial charge in [-0.2, -0.15) is 5.10 Å². The summed E-state index contributed by atoms with van der Waals surface area (Å²) in [7, 11) is 3.59. The van der Waals surface area contributed by atoms with Crippen LogP contribution in [0.15, 0.2) is 29.4 Å². The third-order valence-corrected chi connectivity index (χ3v) is 4.69. The number of aromatic nitrogens is 3. The average molecular weight is 484 g/mol. The van der Waals surface area contributed by atoms with E-state index in [0.29, 0.717) is 12.5 Å². The molecular formula is C19H29IN6O. The topological polar surface area (TPSA) is 67.6 Å². The van der Waals surface area contributed by atoms with E-state index in [1.807, 2.05) is 43.9 Å². The Bertz CT molecular complexity index is 758. The van der Waals surface area contributed by atoms with Gasteiger partial charge < -0.3 is 15.0 Å². The van der Waals surface area contributed by atoms with Crippen LogP contribution in [0, 0.1) is 19.8 Å². The van der Waals surface area contributed by atoms with Crippen molar-refractivity contribution >= 4 is 29.9 Å². The maximum absolute atomic E-state index is 5.27. The molecule has 2 aromatic heterocycles. The number of likely N-dealkylation sites (tertiary alicyclic amines) is 1. The number of nitrogens with zero attached hydrogens (tertiary/aromatic N) is 5. The van der Waals surface area contributed by atoms with E-state index in [2.05, 4.69) is 31.4 Å². The lowest BCUT2D eigenvalue weighted by atomic mass is 10.1. The van der Waals surface area contributed by atoms with Gasteiger partial charge in [0.2, 0.25) is 0 Å². The first-order valence-corrected chi connectivity index (χ1v) is 9.03. The molecule has 27 heavy (non-hydrogen) atoms. The van der Waals surface area contributed by atoms with Crippen LogP contribution in [0.25, 0.3) is 5.82 Å². The summed E-state index contributed by atoms with van der Waals surface area (Å²) in [6, 6.07) is 6.13. The lowest BCUT2D eigenvalue weighted by Crippen LogP contribution is -2.39. The summed E-state index contributed by atoms with van der Waals surface area (Å²) in [4.78, 5) is 11.3. The fourth-order valence-electron chi connectivity index (χ4n) is 3.42. The van der Waals surface area contributed by atoms with Crippen molar-refractivity contribution in [3.05, 3.63) is 41.3 Å². The van der Waals surface area contributed by atoms with Crippen LogP contribution in [0.1, 0.15) is 23.4 Å². The van der Waals surface area contributed by atoms with Crippen molar-refractivity contribution in [1.29, 1.82) is 0 Å². The summed E-state index contributed by atoms with van der Waals surface area (Å²) in [6.07, 6.45) is 3.04. The fraction of sp³-hybridized carbons (Fsp3) is 0.526. The quantitative estimate of drug-likeness (QED) is 0.402. The van der Waals surface area contributed by atoms with E-state index in [-0.39, 0.29) is 24.0 Å². The van der Waals surface area contributed by atoms with Crippen LogP contribution in [0.5, 0.6) is 0 Å². The summed E-state index contributed by atoms with van der Waals surface area (Å²) >= 11 is 0. The average Bonchev–Trinajstić information content (AvgIpc) is 3.23. The van der Waals surface area contributed by atoms with Crippen molar-refractivity contribution < 1.29 is 4.74 Å². The Morgan fingerprint density at radius 2 is 2.19 bits per heavy atom. The third kappa shape index (κ3) is 5.41. The summed E-state index contributed by atoms with van der Waals surface area (Å²) < 4.78 is 7.14. The molecule has 1 aliphatic rings. The first-order valence-electron chi connectivity index (χ1n) is 9.03. The Balaban J connectivity index is 0.00000261. The molecule has 1 aliphatic heterocycles. The number of aryl methyl sites for hydroxylation is 2. The Morgan fingerprint density at radius 1 is 1.37 bits per heavy atom. The van der Waals surface area contributed by atoms with Crippen LogP contribution in [-0.2, 0) is 11.3 Å². The molecule has 1 atom stereocenters. The normalized spacial score (nSPS) is 17.1. The fourth-order valence-corrected chi connectivity index (χ4v) is 3.42. The number of nitrogens with one attached hydrogen (secondary N) is 1. The van der Waals surface area contributed by atoms with E-state index in [0.717, 1.165) is 54.8 Å². The standard InChI is InChI=1S/C19H28N6O.HI/c1-14-9-15(2)25(23-14)18-6-5-16(10-21-18)11-22-19(20-3)24-8-7-17(12-24)13-26-4;/h5-6,9-10,17H,7-8,11-13H2,1-4H3,(H,20,22);1H. The molecule has 2 aromatic rings. The second-order valence-corrected chi connectivity index (χ2v) is 6.82. The molecule has 0 saturated carbocycles. The summed E-state index contributed by atoms with van der Waals surface area (Å²) in [5, 5.41) is 7.91. The molecule has 0 bridgehead atoms. The number of hydrogen-bond donors (Lipinski definition) is 1. The number of rotatable bonds is 5. The van der Waals surface area contributed by atoms with Crippen molar-refractivity contribution in [2.24, 2.45) is 10.9 Å². The minimum atomic E-state index is 0. The predicted octanol–water partition coefficient (Wildman–Crippen LogP) is 2.55. The molecule has 1 unspecified atom stereocenters. The molecule has 3 heterocycles. The second kappa shape index (κ2) is 10.0. The van der Waals surface area contributed by atoms with Crippen molar-refractivity contribution in [1.82, 2.24) is 25.0 Å². The molecule has 0 aromatic carbocycles. The highest BCUT2D eigenvalue weighted by atomic mass is 127. The van der Waals surface area contributed by atoms with Gasteiger partial charge in [0.1, 0.15) is 0 Å². The van der Waals surface area contributed by atoms with Gasteiger partial charge in [-0.15, -0.1) is 24.0 Å². The largest absolute Gasteiger partial charge is 0.384 e. The number of hydrogen-bond acceptors (Lipinski definition) is 4. The molecule has 1 fully saturated rings. The number of pyridine rings is 1. The zero-order chi connectivity index (χ0) is 18.5. The maximum atomic E-state index is 5.27. The monoisotopic (exact) mass is 484 g/mol. The highest BCUT2D eigenvalue weighted by molar-refractivity contribution is 14.0. The molecular weight excluding hydrogens is 455 g/mol. The minimum absolute atomic E-state index is 0. The SMILES string of the molecule is CN=C(NCc1ccc(-n2nc(C)cc2C)nc1)N1CCC(COC)C1.I. The molecule has 0 radical (unpaired) electrons. The molecule has 8 heteroatoms. The Kier molecular flexibility index (Phi) is 8.03. The molecule has 0 spiro atoms. The molecule has 148 valence electrons. The lowest BCUT2D eigenvalue weighted by Gasteiger charge is -2.21. The van der Waals surface area contributed by atoms with Gasteiger partial charge in [-0.3, -0.25) is 4.99 Å². The Hall–Kier alpha value is -1.68. The van der Waals surface area contributed by atoms with E-state index >= 15 is 0 Å². The summed E-state index contributed by atoms with van der Waals surface area (Å²) in [5.74, 6) is 2.36. The molecule has 1 saturated heterocycles. The predicted molar refractivity (Wildman–Crippen MR) is 118 cm³/mol. The van der Waals surface area contributed by atoms with Crippen LogP contribution in [0.2, 0.25) is 0 Å². The van der Waals surface area contributed by atoms with Gasteiger partial charge in [-0.25, -0.2) is 9.67 Å². The minimum Gasteiger partial charge on any atom is -0.384 e. The second-order valence-electron chi connectivity index (χ2n) is 6.82. The molecule has 7 nitrogen and oxygen atoms in total. The zero-order valence-electron chi connectivity index (χ0n) is 16.5. The third-order valence-electron chi connectivity index (χ3n) is 4.69. The van der Waals surface area contributed by atoms with Crippen molar-refractivity contribution in [3.63, 3.8) is 0 Å². The van der Waals surface area contributed by atoms with Crippen LogP contribution >= 0.6 is 24.0 Å². The zero-order valence-corrected chi connectivity index (χ0v) is 18.8. The van der Waals surface area contributed by atoms with E-state index in [1.165, 1.54) is 0 Å². The van der Waals surface area contributed by atoms with Crippen LogP contribution < -0.4 is 5.32 Å². The van der Waals surface area contributed by atoms with Crippen molar-refractivity contribution in [2.75, 3.05) is 33.9 Å². The molecule has 0 amide bonds. The van der Waals surface area contributed by atoms with Crippen LogP contribution in [-0.4, -0.2) is 59.5 Å². The van der Waals surface area contributed by atoms with Gasteiger partial charge >= 0.3 is 0 Å². The summed E-state index contributed by atoms with van der Waals surface area (Å²) in [6.45, 7) is 7.54. The van der Waals surface area contributed by atoms with Gasteiger partial charge in [-0.05, 0) is 38.0 Å². The Labute approximate surface area is 178 Å². The van der Waals surface area contributed by atoms with Crippen LogP contribution in [0.4, 0.5) is 0 Å². The van der Waals surface area contributed by atoms with E-state index in [9.17, 15) is 0 Å². The van der Waals surface area contributed by atoms with Crippen molar-refractivity contribution in [2.45, 2.75) is 26.8 Å². The van der Waals surface area contributed by atoms with Gasteiger partial charge in [-0.1, -0.05) is 6.07 Å². The Morgan fingerprint density at radius 3 is 2.78 bits per heavy atom. The van der Waals surface area contributed by atoms with Crippen molar-refractivity contribution in [3.8, 4) is 5.82 Å². The maximum Gasteiger partial charge on any atom is 0.193 e. The molecule has 0 aliphatic carbocycles. The van der Waals surface area contributed by atoms with Gasteiger partial charge in [0.25, 0.3) is 0 Å². The number of ether oxygens (including phenoxy) is 1. The summed E-state index contributed by atoms with van der Waals surface area (Å²) in [5.41, 5.74) is 3.20. The van der Waals surface area contributed by atoms with Gasteiger partial charge in [0, 0.05) is 51.6 Å². The highest BCUT2D eigenvalue weighted by Gasteiger charge is 2.24. The van der Waals surface area contributed by atoms with E-state index in [4.69, 9.17) is 4.74 Å². The lowest BCUT2D eigenvalue weighted by molar-refractivity contribution is 0.157. The van der Waals surface area contributed by atoms with Gasteiger partial charge in [0.05, 0.1) is 12.3 Å². The highest BCUT2D eigenvalue weighted by Crippen LogP contribution is 2.16. The number of halogens is 1. The van der Waals surface area contributed by atoms with E-state index < -0.39 is 0 Å².